The summed E-state index contributed by atoms with van der Waals surface area (Å²) >= 11 is 0. The van der Waals surface area contributed by atoms with Gasteiger partial charge in [-0.3, -0.25) is 14.6 Å². The first-order valence-corrected chi connectivity index (χ1v) is 8.55. The number of H-pyrrole nitrogens is 1. The maximum Gasteiger partial charge on any atom is 0.255 e. The number of aryl methyl sites for hydroxylation is 1. The van der Waals surface area contributed by atoms with E-state index >= 15 is 0 Å². The van der Waals surface area contributed by atoms with Crippen molar-refractivity contribution in [2.45, 2.75) is 46.6 Å². The summed E-state index contributed by atoms with van der Waals surface area (Å²) in [7, 11) is 1.79. The molecule has 0 bridgehead atoms. The molecule has 0 aliphatic rings. The fraction of sp³-hybridized carbons (Fsp3) is 0.474. The first-order valence-electron chi connectivity index (χ1n) is 8.55. The van der Waals surface area contributed by atoms with E-state index in [0.29, 0.717) is 23.0 Å². The van der Waals surface area contributed by atoms with Gasteiger partial charge >= 0.3 is 0 Å². The van der Waals surface area contributed by atoms with E-state index in [4.69, 9.17) is 0 Å². The van der Waals surface area contributed by atoms with Gasteiger partial charge in [0.25, 0.3) is 5.56 Å². The van der Waals surface area contributed by atoms with Crippen molar-refractivity contribution in [1.29, 1.82) is 0 Å². The molecule has 6 nitrogen and oxygen atoms in total. The fourth-order valence-electron chi connectivity index (χ4n) is 2.83. The molecule has 0 aliphatic heterocycles. The van der Waals surface area contributed by atoms with Crippen molar-refractivity contribution in [3.05, 3.63) is 46.1 Å². The van der Waals surface area contributed by atoms with Crippen LogP contribution in [0, 0.1) is 12.8 Å². The van der Waals surface area contributed by atoms with Gasteiger partial charge in [-0.15, -0.1) is 0 Å². The van der Waals surface area contributed by atoms with Crippen LogP contribution in [0.3, 0.4) is 0 Å². The van der Waals surface area contributed by atoms with Crippen LogP contribution in [0.4, 0.5) is 0 Å². The molecule has 1 amide bonds. The van der Waals surface area contributed by atoms with Gasteiger partial charge in [0.2, 0.25) is 5.91 Å². The zero-order chi connectivity index (χ0) is 18.6. The van der Waals surface area contributed by atoms with Crippen LogP contribution in [0.1, 0.15) is 38.4 Å². The Bertz CT molecular complexity index is 784. The lowest BCUT2D eigenvalue weighted by Crippen LogP contribution is -2.38. The third kappa shape index (κ3) is 4.75. The average molecular weight is 342 g/mol. The summed E-state index contributed by atoms with van der Waals surface area (Å²) in [5, 5.41) is 0. The van der Waals surface area contributed by atoms with E-state index in [-0.39, 0.29) is 23.9 Å². The second kappa shape index (κ2) is 8.05. The van der Waals surface area contributed by atoms with Crippen LogP contribution < -0.4 is 5.56 Å². The highest BCUT2D eigenvalue weighted by Gasteiger charge is 2.20. The van der Waals surface area contributed by atoms with Crippen molar-refractivity contribution in [1.82, 2.24) is 19.9 Å². The highest BCUT2D eigenvalue weighted by Crippen LogP contribution is 2.15. The van der Waals surface area contributed by atoms with Crippen LogP contribution in [-0.4, -0.2) is 38.8 Å². The van der Waals surface area contributed by atoms with Crippen LogP contribution in [0.2, 0.25) is 0 Å². The normalized spacial score (nSPS) is 12.2. The standard InChI is InChI=1S/C19H26N4O2/c1-12(2)10-13(3)23(5)17(24)11-16-14(4)21-18(22-19(16)25)15-6-8-20-9-7-15/h6-9,12-13H,10-11H2,1-5H3,(H,21,22,25). The lowest BCUT2D eigenvalue weighted by atomic mass is 10.0. The van der Waals surface area contributed by atoms with Crippen molar-refractivity contribution in [2.75, 3.05) is 7.05 Å². The van der Waals surface area contributed by atoms with E-state index in [1.54, 1.807) is 43.4 Å². The molecule has 0 radical (unpaired) electrons. The molecule has 1 unspecified atom stereocenters. The first kappa shape index (κ1) is 18.8. The lowest BCUT2D eigenvalue weighted by Gasteiger charge is -2.26. The molecule has 0 saturated heterocycles. The van der Waals surface area contributed by atoms with E-state index in [0.717, 1.165) is 12.0 Å². The summed E-state index contributed by atoms with van der Waals surface area (Å²) in [6.07, 6.45) is 4.28. The number of likely N-dealkylation sites (N-methyl/N-ethyl adjacent to an activating group) is 1. The molecule has 0 aromatic carbocycles. The fourth-order valence-corrected chi connectivity index (χ4v) is 2.83. The summed E-state index contributed by atoms with van der Waals surface area (Å²) in [6.45, 7) is 8.05. The third-order valence-corrected chi connectivity index (χ3v) is 4.37. The Kier molecular flexibility index (Phi) is 6.07. The maximum atomic E-state index is 12.5. The maximum absolute atomic E-state index is 12.5. The van der Waals surface area contributed by atoms with E-state index < -0.39 is 0 Å². The van der Waals surface area contributed by atoms with Crippen LogP contribution in [0.25, 0.3) is 11.4 Å². The Morgan fingerprint density at radius 3 is 2.44 bits per heavy atom. The summed E-state index contributed by atoms with van der Waals surface area (Å²) in [6, 6.07) is 3.70. The molecule has 6 heteroatoms. The lowest BCUT2D eigenvalue weighted by molar-refractivity contribution is -0.131. The number of amides is 1. The SMILES string of the molecule is Cc1nc(-c2ccncc2)[nH]c(=O)c1CC(=O)N(C)C(C)CC(C)C. The number of hydrogen-bond donors (Lipinski definition) is 1. The number of hydrogen-bond acceptors (Lipinski definition) is 4. The largest absolute Gasteiger partial charge is 0.343 e. The number of aromatic nitrogens is 3. The van der Waals surface area contributed by atoms with Crippen molar-refractivity contribution in [3.8, 4) is 11.4 Å². The van der Waals surface area contributed by atoms with E-state index in [1.807, 2.05) is 6.92 Å². The van der Waals surface area contributed by atoms with Gasteiger partial charge in [-0.2, -0.15) is 0 Å². The van der Waals surface area contributed by atoms with Crippen LogP contribution in [-0.2, 0) is 11.2 Å². The minimum Gasteiger partial charge on any atom is -0.343 e. The minimum absolute atomic E-state index is 0.0593. The molecule has 0 aliphatic carbocycles. The molecular weight excluding hydrogens is 316 g/mol. The van der Waals surface area contributed by atoms with Gasteiger partial charge < -0.3 is 9.88 Å². The molecule has 134 valence electrons. The zero-order valence-electron chi connectivity index (χ0n) is 15.5. The molecule has 2 aromatic heterocycles. The topological polar surface area (TPSA) is 79.0 Å². The summed E-state index contributed by atoms with van der Waals surface area (Å²) in [4.78, 5) is 37.9. The zero-order valence-corrected chi connectivity index (χ0v) is 15.5. The van der Waals surface area contributed by atoms with Crippen molar-refractivity contribution >= 4 is 5.91 Å². The Balaban J connectivity index is 2.20. The van der Waals surface area contributed by atoms with Crippen LogP contribution in [0.15, 0.2) is 29.3 Å². The minimum atomic E-state index is -0.266. The van der Waals surface area contributed by atoms with Gasteiger partial charge in [0.1, 0.15) is 5.82 Å². The predicted octanol–water partition coefficient (Wildman–Crippen LogP) is 2.58. The third-order valence-electron chi connectivity index (χ3n) is 4.37. The van der Waals surface area contributed by atoms with E-state index in [1.165, 1.54) is 0 Å². The van der Waals surface area contributed by atoms with Crippen molar-refractivity contribution in [2.24, 2.45) is 5.92 Å². The van der Waals surface area contributed by atoms with Gasteiger partial charge in [0, 0.05) is 42.3 Å². The smallest absolute Gasteiger partial charge is 0.255 e. The molecule has 2 heterocycles. The number of carbonyl (C=O) groups excluding carboxylic acids is 1. The molecule has 0 fully saturated rings. The number of carbonyl (C=O) groups is 1. The number of pyridine rings is 1. The molecule has 2 aromatic rings. The number of aromatic amines is 1. The molecule has 2 rings (SSSR count). The summed E-state index contributed by atoms with van der Waals surface area (Å²) < 4.78 is 0. The Labute approximate surface area is 148 Å². The molecule has 25 heavy (non-hydrogen) atoms. The van der Waals surface area contributed by atoms with Crippen LogP contribution in [0.5, 0.6) is 0 Å². The molecule has 0 spiro atoms. The Hall–Kier alpha value is -2.50. The second-order valence-electron chi connectivity index (χ2n) is 6.87. The summed E-state index contributed by atoms with van der Waals surface area (Å²) in [5.41, 5.74) is 1.52. The number of nitrogens with zero attached hydrogens (tertiary/aromatic N) is 3. The highest BCUT2D eigenvalue weighted by molar-refractivity contribution is 5.79. The van der Waals surface area contributed by atoms with Gasteiger partial charge in [0.15, 0.2) is 0 Å². The molecule has 0 saturated carbocycles. The van der Waals surface area contributed by atoms with Gasteiger partial charge in [-0.25, -0.2) is 4.98 Å². The Morgan fingerprint density at radius 2 is 1.88 bits per heavy atom. The molecule has 1 N–H and O–H groups in total. The van der Waals surface area contributed by atoms with Gasteiger partial charge in [0.05, 0.1) is 6.42 Å². The monoisotopic (exact) mass is 342 g/mol. The number of nitrogens with one attached hydrogen (secondary N) is 1. The van der Waals surface area contributed by atoms with Crippen LogP contribution >= 0.6 is 0 Å². The van der Waals surface area contributed by atoms with Crippen molar-refractivity contribution < 1.29 is 4.79 Å². The first-order chi connectivity index (χ1) is 11.8. The average Bonchev–Trinajstić information content (AvgIpc) is 2.57. The van der Waals surface area contributed by atoms with Gasteiger partial charge in [-0.1, -0.05) is 13.8 Å². The molecule has 1 atom stereocenters. The predicted molar refractivity (Wildman–Crippen MR) is 98.2 cm³/mol. The van der Waals surface area contributed by atoms with Crippen molar-refractivity contribution in [3.63, 3.8) is 0 Å². The second-order valence-corrected chi connectivity index (χ2v) is 6.87. The molecular formula is C19H26N4O2. The number of rotatable bonds is 6. The Morgan fingerprint density at radius 1 is 1.24 bits per heavy atom. The van der Waals surface area contributed by atoms with Gasteiger partial charge in [-0.05, 0) is 38.3 Å². The van der Waals surface area contributed by atoms with E-state index in [9.17, 15) is 9.59 Å². The van der Waals surface area contributed by atoms with E-state index in [2.05, 4.69) is 28.8 Å². The highest BCUT2D eigenvalue weighted by atomic mass is 16.2. The quantitative estimate of drug-likeness (QED) is 0.875. The summed E-state index contributed by atoms with van der Waals surface area (Å²) in [5.74, 6) is 0.930.